The quantitative estimate of drug-likeness (QED) is 0.155. The highest BCUT2D eigenvalue weighted by Gasteiger charge is 2.19. The predicted molar refractivity (Wildman–Crippen MR) is 153 cm³/mol. The van der Waals surface area contributed by atoms with Crippen molar-refractivity contribution in [2.45, 2.75) is 0 Å². The van der Waals surface area contributed by atoms with Crippen LogP contribution in [0.1, 0.15) is 5.56 Å². The van der Waals surface area contributed by atoms with E-state index in [0.29, 0.717) is 54.0 Å². The molecule has 5 aromatic rings. The second-order valence-electron chi connectivity index (χ2n) is 7.91. The van der Waals surface area contributed by atoms with E-state index in [1.807, 2.05) is 24.3 Å². The van der Waals surface area contributed by atoms with Crippen molar-refractivity contribution in [3.8, 4) is 41.2 Å². The molecular weight excluding hydrogens is 618 g/mol. The fourth-order valence-corrected chi connectivity index (χ4v) is 4.87. The molecule has 190 valence electrons. The highest BCUT2D eigenvalue weighted by molar-refractivity contribution is 9.13. The standard InChI is InChI=1S/C28H19Br2N3O5/c1-4-12-37-26-22(36-3)13-16(24(29)25(26)30)15-31-33-27(32-19-9-6-5-8-17(19)28(33)34)23-14-18-20(35-2)10-7-11-21(18)38-23/h1,5-11,13-15H,12H2,2-3H3. The summed E-state index contributed by atoms with van der Waals surface area (Å²) in [7, 11) is 3.11. The maximum Gasteiger partial charge on any atom is 0.282 e. The van der Waals surface area contributed by atoms with Gasteiger partial charge in [-0.15, -0.1) is 6.42 Å². The SMILES string of the molecule is C#CCOc1c(OC)cc(C=Nn2c(-c3cc4c(OC)cccc4o3)nc3ccccc3c2=O)c(Br)c1Br. The summed E-state index contributed by atoms with van der Waals surface area (Å²) in [5.41, 5.74) is 1.37. The van der Waals surface area contributed by atoms with Crippen molar-refractivity contribution in [3.05, 3.63) is 79.5 Å². The van der Waals surface area contributed by atoms with Gasteiger partial charge in [0.05, 0.1) is 41.2 Å². The van der Waals surface area contributed by atoms with Gasteiger partial charge in [-0.3, -0.25) is 4.79 Å². The Morgan fingerprint density at radius 3 is 2.61 bits per heavy atom. The Balaban J connectivity index is 1.70. The Morgan fingerprint density at radius 1 is 1.05 bits per heavy atom. The van der Waals surface area contributed by atoms with Crippen molar-refractivity contribution in [1.82, 2.24) is 9.66 Å². The van der Waals surface area contributed by atoms with Crippen molar-refractivity contribution >= 4 is 59.9 Å². The number of halogens is 2. The number of hydrogen-bond donors (Lipinski definition) is 0. The number of benzene rings is 3. The first-order valence-electron chi connectivity index (χ1n) is 11.2. The first-order chi connectivity index (χ1) is 18.5. The van der Waals surface area contributed by atoms with Gasteiger partial charge in [0, 0.05) is 10.0 Å². The third-order valence-corrected chi connectivity index (χ3v) is 7.85. The summed E-state index contributed by atoms with van der Waals surface area (Å²) >= 11 is 7.08. The molecule has 0 saturated carbocycles. The molecule has 0 aliphatic rings. The van der Waals surface area contributed by atoms with Gasteiger partial charge in [-0.1, -0.05) is 24.1 Å². The van der Waals surface area contributed by atoms with E-state index in [1.54, 1.807) is 37.4 Å². The lowest BCUT2D eigenvalue weighted by Gasteiger charge is -2.14. The molecule has 0 atom stereocenters. The van der Waals surface area contributed by atoms with Crippen molar-refractivity contribution in [2.75, 3.05) is 20.8 Å². The minimum absolute atomic E-state index is 0.0681. The zero-order valence-electron chi connectivity index (χ0n) is 20.2. The van der Waals surface area contributed by atoms with E-state index >= 15 is 0 Å². The van der Waals surface area contributed by atoms with Crippen LogP contribution in [-0.2, 0) is 0 Å². The molecule has 3 aromatic carbocycles. The molecular formula is C28H19Br2N3O5. The van der Waals surface area contributed by atoms with Crippen LogP contribution in [0.15, 0.2) is 77.9 Å². The fraction of sp³-hybridized carbons (Fsp3) is 0.107. The molecule has 0 saturated heterocycles. The van der Waals surface area contributed by atoms with Crippen LogP contribution in [0.4, 0.5) is 0 Å². The smallest absolute Gasteiger partial charge is 0.282 e. The number of ether oxygens (including phenoxy) is 3. The largest absolute Gasteiger partial charge is 0.496 e. The normalized spacial score (nSPS) is 11.2. The summed E-state index contributed by atoms with van der Waals surface area (Å²) in [4.78, 5) is 18.3. The molecule has 0 N–H and O–H groups in total. The number of aromatic nitrogens is 2. The van der Waals surface area contributed by atoms with Gasteiger partial charge in [-0.05, 0) is 68.3 Å². The molecule has 5 rings (SSSR count). The van der Waals surface area contributed by atoms with Crippen molar-refractivity contribution in [2.24, 2.45) is 5.10 Å². The molecule has 2 aromatic heterocycles. The van der Waals surface area contributed by atoms with E-state index in [-0.39, 0.29) is 18.0 Å². The van der Waals surface area contributed by atoms with Crippen LogP contribution in [0.3, 0.4) is 0 Å². The van der Waals surface area contributed by atoms with E-state index in [2.05, 4.69) is 42.9 Å². The second-order valence-corrected chi connectivity index (χ2v) is 9.50. The lowest BCUT2D eigenvalue weighted by atomic mass is 10.2. The summed E-state index contributed by atoms with van der Waals surface area (Å²) in [5.74, 6) is 4.55. The number of hydrogen-bond acceptors (Lipinski definition) is 7. The maximum absolute atomic E-state index is 13.6. The Labute approximate surface area is 234 Å². The van der Waals surface area contributed by atoms with Gasteiger partial charge in [0.25, 0.3) is 5.56 Å². The van der Waals surface area contributed by atoms with Crippen LogP contribution < -0.4 is 19.8 Å². The number of para-hydroxylation sites is 1. The molecule has 0 spiro atoms. The molecule has 0 amide bonds. The van der Waals surface area contributed by atoms with Gasteiger partial charge >= 0.3 is 0 Å². The van der Waals surface area contributed by atoms with E-state index in [4.69, 9.17) is 30.0 Å². The third kappa shape index (κ3) is 4.55. The van der Waals surface area contributed by atoms with Gasteiger partial charge in [-0.25, -0.2) is 4.98 Å². The summed E-state index contributed by atoms with van der Waals surface area (Å²) in [6.45, 7) is 0.0681. The molecule has 0 aliphatic heterocycles. The van der Waals surface area contributed by atoms with Crippen LogP contribution in [0.5, 0.6) is 17.2 Å². The highest BCUT2D eigenvalue weighted by atomic mass is 79.9. The lowest BCUT2D eigenvalue weighted by molar-refractivity contribution is 0.328. The number of furan rings is 1. The van der Waals surface area contributed by atoms with Crippen LogP contribution in [0.25, 0.3) is 33.5 Å². The third-order valence-electron chi connectivity index (χ3n) is 5.70. The Hall–Kier alpha value is -4.07. The van der Waals surface area contributed by atoms with Gasteiger partial charge in [-0.2, -0.15) is 9.78 Å². The van der Waals surface area contributed by atoms with Gasteiger partial charge in [0.1, 0.15) is 17.9 Å². The topological polar surface area (TPSA) is 88.1 Å². The summed E-state index contributed by atoms with van der Waals surface area (Å²) in [6, 6.07) is 16.0. The molecule has 8 nitrogen and oxygen atoms in total. The molecule has 10 heteroatoms. The Morgan fingerprint density at radius 2 is 1.84 bits per heavy atom. The zero-order chi connectivity index (χ0) is 26.8. The number of rotatable bonds is 7. The highest BCUT2D eigenvalue weighted by Crippen LogP contribution is 2.42. The van der Waals surface area contributed by atoms with Gasteiger partial charge < -0.3 is 18.6 Å². The number of nitrogens with zero attached hydrogens (tertiary/aromatic N) is 3. The number of methoxy groups -OCH3 is 2. The van der Waals surface area contributed by atoms with Crippen LogP contribution in [-0.4, -0.2) is 36.7 Å². The Bertz CT molecular complexity index is 1820. The monoisotopic (exact) mass is 635 g/mol. The summed E-state index contributed by atoms with van der Waals surface area (Å²) in [6.07, 6.45) is 6.86. The average molecular weight is 637 g/mol. The number of fused-ring (bicyclic) bond motifs is 2. The molecule has 0 radical (unpaired) electrons. The van der Waals surface area contributed by atoms with Gasteiger partial charge in [0.2, 0.25) is 5.82 Å². The molecule has 2 heterocycles. The number of terminal acetylenes is 1. The summed E-state index contributed by atoms with van der Waals surface area (Å²) < 4.78 is 25.1. The minimum atomic E-state index is -0.356. The average Bonchev–Trinajstić information content (AvgIpc) is 3.38. The van der Waals surface area contributed by atoms with E-state index < -0.39 is 0 Å². The minimum Gasteiger partial charge on any atom is -0.496 e. The Kier molecular flexibility index (Phi) is 7.22. The lowest BCUT2D eigenvalue weighted by Crippen LogP contribution is -2.20. The molecule has 0 unspecified atom stereocenters. The maximum atomic E-state index is 13.6. The van der Waals surface area contributed by atoms with Crippen molar-refractivity contribution in [3.63, 3.8) is 0 Å². The molecule has 0 aliphatic carbocycles. The van der Waals surface area contributed by atoms with Crippen LogP contribution in [0, 0.1) is 12.3 Å². The van der Waals surface area contributed by atoms with E-state index in [9.17, 15) is 4.79 Å². The molecule has 0 bridgehead atoms. The summed E-state index contributed by atoms with van der Waals surface area (Å²) in [5, 5.41) is 5.70. The predicted octanol–water partition coefficient (Wildman–Crippen LogP) is 6.25. The fourth-order valence-electron chi connectivity index (χ4n) is 3.93. The molecule has 38 heavy (non-hydrogen) atoms. The van der Waals surface area contributed by atoms with E-state index in [0.717, 1.165) is 5.39 Å². The second kappa shape index (κ2) is 10.7. The van der Waals surface area contributed by atoms with Crippen molar-refractivity contribution < 1.29 is 18.6 Å². The van der Waals surface area contributed by atoms with Crippen LogP contribution in [0.2, 0.25) is 0 Å². The van der Waals surface area contributed by atoms with E-state index in [1.165, 1.54) is 18.0 Å². The first-order valence-corrected chi connectivity index (χ1v) is 12.8. The first kappa shape index (κ1) is 25.6. The van der Waals surface area contributed by atoms with Gasteiger partial charge in [0.15, 0.2) is 17.3 Å². The van der Waals surface area contributed by atoms with Crippen LogP contribution >= 0.6 is 31.9 Å². The molecule has 0 fully saturated rings. The zero-order valence-corrected chi connectivity index (χ0v) is 23.4. The van der Waals surface area contributed by atoms with Crippen molar-refractivity contribution in [1.29, 1.82) is 0 Å².